The van der Waals surface area contributed by atoms with E-state index in [2.05, 4.69) is 0 Å². The van der Waals surface area contributed by atoms with Crippen molar-refractivity contribution in [3.05, 3.63) is 28.5 Å². The average molecular weight is 205 g/mol. The van der Waals surface area contributed by atoms with Crippen molar-refractivity contribution in [1.29, 1.82) is 0 Å². The van der Waals surface area contributed by atoms with Gasteiger partial charge in [0.2, 0.25) is 0 Å². The molecule has 0 aliphatic rings. The van der Waals surface area contributed by atoms with Crippen LogP contribution in [0.1, 0.15) is 10.4 Å². The summed E-state index contributed by atoms with van der Waals surface area (Å²) >= 11 is 5.51. The van der Waals surface area contributed by atoms with Crippen molar-refractivity contribution in [2.75, 3.05) is 7.11 Å². The molecule has 0 aliphatic carbocycles. The van der Waals surface area contributed by atoms with Gasteiger partial charge < -0.3 is 9.84 Å². The first-order chi connectivity index (χ1) is 6.06. The minimum Gasteiger partial charge on any atom is -0.497 e. The second-order valence-corrected chi connectivity index (χ2v) is 2.68. The van der Waals surface area contributed by atoms with E-state index in [-0.39, 0.29) is 10.8 Å². The summed E-state index contributed by atoms with van der Waals surface area (Å²) in [6.07, 6.45) is 0. The lowest BCUT2D eigenvalue weighted by molar-refractivity contribution is 0.0692. The number of hydrogen-bond donors (Lipinski definition) is 1. The Kier molecular flexibility index (Phi) is 2.72. The first-order valence-corrected chi connectivity index (χ1v) is 3.70. The number of hydrogen-bond acceptors (Lipinski definition) is 2. The van der Waals surface area contributed by atoms with Gasteiger partial charge >= 0.3 is 5.97 Å². The van der Waals surface area contributed by atoms with E-state index in [9.17, 15) is 9.18 Å². The van der Waals surface area contributed by atoms with Crippen LogP contribution in [0.3, 0.4) is 0 Å². The molecule has 0 aromatic heterocycles. The fourth-order valence-corrected chi connectivity index (χ4v) is 1.15. The maximum absolute atomic E-state index is 13.0. The molecule has 1 aromatic carbocycles. The lowest BCUT2D eigenvalue weighted by Crippen LogP contribution is -2.02. The molecule has 1 aromatic rings. The predicted octanol–water partition coefficient (Wildman–Crippen LogP) is 2.19. The summed E-state index contributed by atoms with van der Waals surface area (Å²) in [5.74, 6) is -2.12. The smallest absolute Gasteiger partial charge is 0.340 e. The van der Waals surface area contributed by atoms with Gasteiger partial charge in [0.1, 0.15) is 17.1 Å². The summed E-state index contributed by atoms with van der Waals surface area (Å²) in [6, 6.07) is 2.21. The summed E-state index contributed by atoms with van der Waals surface area (Å²) in [6.45, 7) is 0. The van der Waals surface area contributed by atoms with Crippen molar-refractivity contribution in [2.45, 2.75) is 0 Å². The zero-order chi connectivity index (χ0) is 10.0. The number of carboxylic acid groups (broad SMARTS) is 1. The van der Waals surface area contributed by atoms with Crippen molar-refractivity contribution in [1.82, 2.24) is 0 Å². The van der Waals surface area contributed by atoms with Gasteiger partial charge in [0, 0.05) is 6.07 Å². The molecule has 70 valence electrons. The molecule has 0 heterocycles. The van der Waals surface area contributed by atoms with Crippen LogP contribution >= 0.6 is 11.6 Å². The molecule has 13 heavy (non-hydrogen) atoms. The van der Waals surface area contributed by atoms with Crippen LogP contribution in [0, 0.1) is 5.82 Å². The number of aromatic carboxylic acids is 1. The number of rotatable bonds is 2. The molecule has 0 fully saturated rings. The Balaban J connectivity index is 3.31. The topological polar surface area (TPSA) is 46.5 Å². The summed E-state index contributed by atoms with van der Waals surface area (Å²) < 4.78 is 17.7. The summed E-state index contributed by atoms with van der Waals surface area (Å²) in [4.78, 5) is 10.5. The molecule has 0 unspecified atom stereocenters. The van der Waals surface area contributed by atoms with Crippen LogP contribution in [-0.2, 0) is 0 Å². The largest absolute Gasteiger partial charge is 0.497 e. The molecule has 0 saturated heterocycles. The Morgan fingerprint density at radius 1 is 1.62 bits per heavy atom. The highest BCUT2D eigenvalue weighted by molar-refractivity contribution is 6.33. The molecule has 0 bridgehead atoms. The first kappa shape index (κ1) is 9.80. The van der Waals surface area contributed by atoms with E-state index in [1.165, 1.54) is 13.2 Å². The van der Waals surface area contributed by atoms with E-state index >= 15 is 0 Å². The standard InChI is InChI=1S/C8H6ClFO3/c1-13-4-2-5(9)7(8(11)12)6(10)3-4/h2-3H,1H3,(H,11,12). The molecule has 0 aliphatic heterocycles. The van der Waals surface area contributed by atoms with Crippen molar-refractivity contribution in [3.8, 4) is 5.75 Å². The highest BCUT2D eigenvalue weighted by atomic mass is 35.5. The van der Waals surface area contributed by atoms with Gasteiger partial charge in [-0.05, 0) is 6.07 Å². The van der Waals surface area contributed by atoms with Crippen molar-refractivity contribution in [2.24, 2.45) is 0 Å². The Morgan fingerprint density at radius 3 is 2.62 bits per heavy atom. The maximum atomic E-state index is 13.0. The van der Waals surface area contributed by atoms with Crippen LogP contribution in [0.25, 0.3) is 0 Å². The molecule has 0 saturated carbocycles. The minimum absolute atomic E-state index is 0.177. The molecular weight excluding hydrogens is 199 g/mol. The monoisotopic (exact) mass is 204 g/mol. The Bertz CT molecular complexity index is 328. The quantitative estimate of drug-likeness (QED) is 0.803. The van der Waals surface area contributed by atoms with E-state index in [1.54, 1.807) is 0 Å². The number of ether oxygens (including phenoxy) is 1. The molecule has 0 spiro atoms. The summed E-state index contributed by atoms with van der Waals surface area (Å²) in [5.41, 5.74) is -0.539. The third-order valence-electron chi connectivity index (χ3n) is 1.47. The van der Waals surface area contributed by atoms with E-state index in [0.717, 1.165) is 6.07 Å². The molecule has 0 radical (unpaired) electrons. The van der Waals surface area contributed by atoms with Crippen LogP contribution in [0.15, 0.2) is 12.1 Å². The van der Waals surface area contributed by atoms with Gasteiger partial charge in [-0.3, -0.25) is 0 Å². The third-order valence-corrected chi connectivity index (χ3v) is 1.76. The van der Waals surface area contributed by atoms with Crippen LogP contribution in [0.2, 0.25) is 5.02 Å². The zero-order valence-corrected chi connectivity index (χ0v) is 7.43. The van der Waals surface area contributed by atoms with Crippen LogP contribution in [0.4, 0.5) is 4.39 Å². The Labute approximate surface area is 78.7 Å². The molecule has 5 heteroatoms. The van der Waals surface area contributed by atoms with E-state index in [0.29, 0.717) is 0 Å². The SMILES string of the molecule is COc1cc(F)c(C(=O)O)c(Cl)c1. The van der Waals surface area contributed by atoms with Crippen molar-refractivity contribution in [3.63, 3.8) is 0 Å². The normalized spacial score (nSPS) is 9.77. The summed E-state index contributed by atoms with van der Waals surface area (Å²) in [7, 11) is 1.34. The lowest BCUT2D eigenvalue weighted by Gasteiger charge is -2.04. The molecule has 3 nitrogen and oxygen atoms in total. The fourth-order valence-electron chi connectivity index (χ4n) is 0.872. The van der Waals surface area contributed by atoms with E-state index < -0.39 is 17.3 Å². The average Bonchev–Trinajstić information content (AvgIpc) is 2.02. The van der Waals surface area contributed by atoms with Gasteiger partial charge in [-0.25, -0.2) is 9.18 Å². The van der Waals surface area contributed by atoms with Gasteiger partial charge in [-0.15, -0.1) is 0 Å². The highest BCUT2D eigenvalue weighted by Crippen LogP contribution is 2.25. The fraction of sp³-hybridized carbons (Fsp3) is 0.125. The highest BCUT2D eigenvalue weighted by Gasteiger charge is 2.16. The van der Waals surface area contributed by atoms with Crippen molar-refractivity contribution >= 4 is 17.6 Å². The Morgan fingerprint density at radius 2 is 2.23 bits per heavy atom. The number of carboxylic acids is 1. The number of methoxy groups -OCH3 is 1. The second-order valence-electron chi connectivity index (χ2n) is 2.27. The van der Waals surface area contributed by atoms with Crippen LogP contribution in [-0.4, -0.2) is 18.2 Å². The van der Waals surface area contributed by atoms with Crippen LogP contribution < -0.4 is 4.74 Å². The second kappa shape index (κ2) is 3.62. The predicted molar refractivity (Wildman–Crippen MR) is 44.9 cm³/mol. The van der Waals surface area contributed by atoms with Gasteiger partial charge in [-0.1, -0.05) is 11.6 Å². The van der Waals surface area contributed by atoms with Gasteiger partial charge in [0.25, 0.3) is 0 Å². The summed E-state index contributed by atoms with van der Waals surface area (Å²) in [5, 5.41) is 8.37. The van der Waals surface area contributed by atoms with Gasteiger partial charge in [0.05, 0.1) is 12.1 Å². The molecule has 1 rings (SSSR count). The van der Waals surface area contributed by atoms with Crippen molar-refractivity contribution < 1.29 is 19.0 Å². The Hall–Kier alpha value is -1.29. The molecular formula is C8H6ClFO3. The number of carbonyl (C=O) groups is 1. The van der Waals surface area contributed by atoms with Gasteiger partial charge in [0.15, 0.2) is 0 Å². The number of halogens is 2. The third kappa shape index (κ3) is 1.89. The molecule has 0 amide bonds. The van der Waals surface area contributed by atoms with Crippen LogP contribution in [0.5, 0.6) is 5.75 Å². The molecule has 0 atom stereocenters. The minimum atomic E-state index is -1.40. The van der Waals surface area contributed by atoms with E-state index in [1.807, 2.05) is 0 Å². The molecule has 1 N–H and O–H groups in total. The maximum Gasteiger partial charge on any atom is 0.340 e. The van der Waals surface area contributed by atoms with Gasteiger partial charge in [-0.2, -0.15) is 0 Å². The first-order valence-electron chi connectivity index (χ1n) is 3.32. The zero-order valence-electron chi connectivity index (χ0n) is 6.67. The van der Waals surface area contributed by atoms with E-state index in [4.69, 9.17) is 21.4 Å². The lowest BCUT2D eigenvalue weighted by atomic mass is 10.2. The number of benzene rings is 1.